The molecule has 4 nitrogen and oxygen atoms in total. The Labute approximate surface area is 482 Å². The molecule has 3 aliphatic heterocycles. The van der Waals surface area contributed by atoms with Crippen LogP contribution in [0.2, 0.25) is 0 Å². The lowest BCUT2D eigenvalue weighted by atomic mass is 9.33. The molecular formula is C75H67BN2O2S. The van der Waals surface area contributed by atoms with E-state index in [0.717, 1.165) is 56.8 Å². The van der Waals surface area contributed by atoms with Crippen molar-refractivity contribution >= 4 is 88.7 Å². The largest absolute Gasteiger partial charge is 0.486 e. The normalized spacial score (nSPS) is 13.8. The number of ether oxygens (including phenoxy) is 2. The summed E-state index contributed by atoms with van der Waals surface area (Å²) in [6.07, 6.45) is 0. The van der Waals surface area contributed by atoms with Crippen molar-refractivity contribution in [1.29, 1.82) is 0 Å². The molecule has 3 aliphatic rings. The van der Waals surface area contributed by atoms with Crippen molar-refractivity contribution in [3.05, 3.63) is 222 Å². The first kappa shape index (κ1) is 50.9. The number of benzene rings is 10. The summed E-state index contributed by atoms with van der Waals surface area (Å²) in [5.41, 5.74) is 24.8. The number of rotatable bonds is 6. The van der Waals surface area contributed by atoms with Gasteiger partial charge in [0, 0.05) is 48.5 Å². The number of hydrogen-bond donors (Lipinski definition) is 0. The highest BCUT2D eigenvalue weighted by molar-refractivity contribution is 7.25. The minimum absolute atomic E-state index is 0.0303. The molecule has 11 aromatic rings. The monoisotopic (exact) mass is 1070 g/mol. The highest BCUT2D eigenvalue weighted by Gasteiger charge is 2.46. The highest BCUT2D eigenvalue weighted by Crippen LogP contribution is 2.53. The van der Waals surface area contributed by atoms with Crippen LogP contribution in [-0.4, -0.2) is 19.9 Å². The van der Waals surface area contributed by atoms with Crippen LogP contribution in [0.4, 0.5) is 34.1 Å². The maximum Gasteiger partial charge on any atom is 0.252 e. The molecule has 6 heteroatoms. The number of hydrogen-bond acceptors (Lipinski definition) is 5. The van der Waals surface area contributed by atoms with Gasteiger partial charge in [-0.15, -0.1) is 11.3 Å². The van der Waals surface area contributed by atoms with Crippen LogP contribution in [-0.2, 0) is 16.2 Å². The van der Waals surface area contributed by atoms with Gasteiger partial charge in [0.25, 0.3) is 6.71 Å². The second-order valence-electron chi connectivity index (χ2n) is 25.7. The standard InChI is InChI=1S/C75H67BN2O2S/c1-46-38-65-70-66(39-46)78(63-34-30-56(75(8,9)10)45-60(63)49-16-12-11-13-17-49)71-61(32-35-67-72(71)80-37-36-79-67)76(70)62-43-50(51-24-31-59-58-18-14-15-19-68(58)81-69(59)44-51)25-33-64(62)77(65)57-41-52(47-20-26-54(27-21-47)73(2,3)4)40-53(42-57)48-22-28-55(29-23-48)74(5,6)7/h11-35,38-45H,36-37H2,1-10H3. The van der Waals surface area contributed by atoms with Gasteiger partial charge in [0.15, 0.2) is 11.5 Å². The lowest BCUT2D eigenvalue weighted by Gasteiger charge is -2.45. The van der Waals surface area contributed by atoms with Gasteiger partial charge < -0.3 is 19.3 Å². The molecule has 81 heavy (non-hydrogen) atoms. The van der Waals surface area contributed by atoms with Gasteiger partial charge in [-0.25, -0.2) is 0 Å². The van der Waals surface area contributed by atoms with Crippen LogP contribution in [0, 0.1) is 6.92 Å². The van der Waals surface area contributed by atoms with E-state index in [2.05, 4.69) is 279 Å². The first-order valence-electron chi connectivity index (χ1n) is 28.7. The zero-order valence-electron chi connectivity index (χ0n) is 48.2. The minimum Gasteiger partial charge on any atom is -0.486 e. The van der Waals surface area contributed by atoms with Gasteiger partial charge in [0.1, 0.15) is 13.2 Å². The van der Waals surface area contributed by atoms with Crippen LogP contribution in [0.15, 0.2) is 200 Å². The molecule has 0 saturated heterocycles. The van der Waals surface area contributed by atoms with Crippen LogP contribution in [0.25, 0.3) is 64.7 Å². The van der Waals surface area contributed by atoms with Crippen molar-refractivity contribution in [3.63, 3.8) is 0 Å². The Kier molecular flexibility index (Phi) is 11.9. The fourth-order valence-corrected chi connectivity index (χ4v) is 13.9. The van der Waals surface area contributed by atoms with E-state index >= 15 is 0 Å². The molecule has 398 valence electrons. The first-order chi connectivity index (χ1) is 38.9. The van der Waals surface area contributed by atoms with E-state index in [-0.39, 0.29) is 23.0 Å². The van der Waals surface area contributed by atoms with E-state index in [1.807, 2.05) is 11.3 Å². The molecule has 0 unspecified atom stereocenters. The summed E-state index contributed by atoms with van der Waals surface area (Å²) >= 11 is 1.87. The second kappa shape index (κ2) is 18.9. The summed E-state index contributed by atoms with van der Waals surface area (Å²) in [7, 11) is 0. The zero-order chi connectivity index (χ0) is 55.7. The SMILES string of the molecule is Cc1cc2c3c(c1)N(c1ccc(C(C)(C)C)cc1-c1ccccc1)c1c(ccc4c1OCCO4)B3c1cc(-c3ccc4c(c3)sc3ccccc34)ccc1N2c1cc(-c2ccc(C(C)(C)C)cc2)cc(-c2ccc(C(C)(C)C)cc2)c1. The van der Waals surface area contributed by atoms with Gasteiger partial charge in [0.2, 0.25) is 0 Å². The number of anilines is 6. The number of fused-ring (bicyclic) bond motifs is 9. The Morgan fingerprint density at radius 3 is 1.65 bits per heavy atom. The van der Waals surface area contributed by atoms with Gasteiger partial charge in [-0.3, -0.25) is 0 Å². The Bertz CT molecular complexity index is 4230. The molecule has 0 radical (unpaired) electrons. The van der Waals surface area contributed by atoms with Gasteiger partial charge >= 0.3 is 0 Å². The van der Waals surface area contributed by atoms with Gasteiger partial charge in [0.05, 0.1) is 11.4 Å². The topological polar surface area (TPSA) is 24.9 Å². The molecule has 0 spiro atoms. The van der Waals surface area contributed by atoms with Crippen LogP contribution >= 0.6 is 11.3 Å². The third-order valence-corrected chi connectivity index (χ3v) is 18.3. The Hall–Kier alpha value is -8.32. The van der Waals surface area contributed by atoms with E-state index < -0.39 is 0 Å². The molecule has 14 rings (SSSR count). The number of aryl methyl sites for hydroxylation is 1. The fourth-order valence-electron chi connectivity index (χ4n) is 12.8. The van der Waals surface area contributed by atoms with E-state index in [4.69, 9.17) is 9.47 Å². The summed E-state index contributed by atoms with van der Waals surface area (Å²) in [5.74, 6) is 1.56. The molecule has 0 N–H and O–H groups in total. The van der Waals surface area contributed by atoms with Crippen molar-refractivity contribution in [2.75, 3.05) is 23.0 Å². The maximum atomic E-state index is 6.91. The molecule has 0 aliphatic carbocycles. The molecule has 0 atom stereocenters. The lowest BCUT2D eigenvalue weighted by Crippen LogP contribution is -2.61. The predicted molar refractivity (Wildman–Crippen MR) is 347 cm³/mol. The fraction of sp³-hybridized carbons (Fsp3) is 0.200. The quantitative estimate of drug-likeness (QED) is 0.155. The smallest absolute Gasteiger partial charge is 0.252 e. The van der Waals surface area contributed by atoms with Crippen LogP contribution < -0.4 is 35.7 Å². The summed E-state index contributed by atoms with van der Waals surface area (Å²) in [5, 5.41) is 2.61. The molecule has 4 heterocycles. The Morgan fingerprint density at radius 1 is 0.407 bits per heavy atom. The first-order valence-corrected chi connectivity index (χ1v) is 29.6. The van der Waals surface area contributed by atoms with E-state index in [1.165, 1.54) is 92.2 Å². The maximum absolute atomic E-state index is 6.91. The average Bonchev–Trinajstić information content (AvgIpc) is 3.16. The van der Waals surface area contributed by atoms with Crippen molar-refractivity contribution < 1.29 is 9.47 Å². The van der Waals surface area contributed by atoms with Crippen molar-refractivity contribution in [2.45, 2.75) is 85.5 Å². The van der Waals surface area contributed by atoms with Gasteiger partial charge in [-0.1, -0.05) is 196 Å². The highest BCUT2D eigenvalue weighted by atomic mass is 32.1. The molecule has 0 bridgehead atoms. The third kappa shape index (κ3) is 8.73. The van der Waals surface area contributed by atoms with Gasteiger partial charge in [-0.05, 0) is 167 Å². The Balaban J connectivity index is 1.06. The molecule has 0 saturated carbocycles. The second-order valence-corrected chi connectivity index (χ2v) is 26.8. The molecule has 1 aromatic heterocycles. The average molecular weight is 1070 g/mol. The Morgan fingerprint density at radius 2 is 0.975 bits per heavy atom. The van der Waals surface area contributed by atoms with E-state index in [1.54, 1.807) is 0 Å². The number of nitrogens with zero attached hydrogens (tertiary/aromatic N) is 2. The number of thiophene rings is 1. The molecular weight excluding hydrogens is 1000 g/mol. The summed E-state index contributed by atoms with van der Waals surface area (Å²) in [6, 6.07) is 76.2. The zero-order valence-corrected chi connectivity index (χ0v) is 49.0. The summed E-state index contributed by atoms with van der Waals surface area (Å²) < 4.78 is 16.0. The molecule has 0 fully saturated rings. The molecule has 0 amide bonds. The summed E-state index contributed by atoms with van der Waals surface area (Å²) in [4.78, 5) is 5.11. The van der Waals surface area contributed by atoms with Crippen LogP contribution in [0.5, 0.6) is 11.5 Å². The third-order valence-electron chi connectivity index (χ3n) is 17.1. The van der Waals surface area contributed by atoms with Gasteiger partial charge in [-0.2, -0.15) is 0 Å². The van der Waals surface area contributed by atoms with E-state index in [9.17, 15) is 0 Å². The van der Waals surface area contributed by atoms with Crippen molar-refractivity contribution in [2.24, 2.45) is 0 Å². The molecule has 10 aromatic carbocycles. The predicted octanol–water partition coefficient (Wildman–Crippen LogP) is 18.8. The minimum atomic E-state index is -0.163. The van der Waals surface area contributed by atoms with Crippen LogP contribution in [0.1, 0.15) is 84.6 Å². The lowest BCUT2D eigenvalue weighted by molar-refractivity contribution is 0.172. The van der Waals surface area contributed by atoms with Crippen molar-refractivity contribution in [1.82, 2.24) is 0 Å². The summed E-state index contributed by atoms with van der Waals surface area (Å²) in [6.45, 7) is 23.7. The van der Waals surface area contributed by atoms with E-state index in [0.29, 0.717) is 13.2 Å². The van der Waals surface area contributed by atoms with Crippen molar-refractivity contribution in [3.8, 4) is 56.0 Å². The van der Waals surface area contributed by atoms with Crippen LogP contribution in [0.3, 0.4) is 0 Å².